The largest absolute Gasteiger partial charge is 0.275 e. The van der Waals surface area contributed by atoms with Crippen molar-refractivity contribution in [3.63, 3.8) is 0 Å². The number of hydrazine groups is 1. The molecule has 32 heavy (non-hydrogen) atoms. The molecule has 0 unspecified atom stereocenters. The smallest absolute Gasteiger partial charge is 0.270 e. The number of fused-ring (bicyclic) bond motifs is 1. The molecule has 174 valence electrons. The second kappa shape index (κ2) is 10.9. The topological polar surface area (TPSA) is 40.6 Å². The molecule has 0 atom stereocenters. The standard InChI is InChI=1S/C21H19ClFN2O2.2C2H6.W/c1-13-9-14(2)17(10-16(13)15-7-5-4-6-8-15)21(22)18(26)24-11-20(3,23)12-25(24)19(21)27;2*1-2;/h4-9H,11-12H2,1-3H3;2*1-2H3;/q-1;;;. The first-order chi connectivity index (χ1) is 14.6. The summed E-state index contributed by atoms with van der Waals surface area (Å²) >= 11 is 6.67. The van der Waals surface area contributed by atoms with Crippen molar-refractivity contribution in [3.05, 3.63) is 59.2 Å². The number of hydrogen-bond donors (Lipinski definition) is 0. The summed E-state index contributed by atoms with van der Waals surface area (Å²) in [6.45, 7) is 12.8. The minimum Gasteiger partial charge on any atom is -0.270 e. The van der Waals surface area contributed by atoms with E-state index in [0.717, 1.165) is 26.7 Å². The molecule has 0 bridgehead atoms. The van der Waals surface area contributed by atoms with E-state index in [0.29, 0.717) is 11.1 Å². The average Bonchev–Trinajstić information content (AvgIpc) is 3.18. The number of halogens is 2. The fraction of sp³-hybridized carbons (Fsp3) is 0.440. The van der Waals surface area contributed by atoms with Gasteiger partial charge in [-0.15, -0.1) is 28.8 Å². The van der Waals surface area contributed by atoms with E-state index in [2.05, 4.69) is 6.07 Å². The van der Waals surface area contributed by atoms with Gasteiger partial charge in [0.05, 0.1) is 13.1 Å². The molecular weight excluding hydrogens is 599 g/mol. The molecule has 0 spiro atoms. The molecule has 0 saturated carbocycles. The molecule has 7 heteroatoms. The zero-order chi connectivity index (χ0) is 23.6. The second-order valence-corrected chi connectivity index (χ2v) is 8.12. The molecule has 0 aromatic heterocycles. The van der Waals surface area contributed by atoms with Crippen LogP contribution in [0.25, 0.3) is 11.1 Å². The molecule has 4 rings (SSSR count). The Balaban J connectivity index is 0.000000971. The van der Waals surface area contributed by atoms with Crippen molar-refractivity contribution < 1.29 is 35.0 Å². The number of aryl methyl sites for hydroxylation is 2. The number of carbonyl (C=O) groups is 2. The number of carbonyl (C=O) groups excluding carboxylic acids is 2. The number of nitrogens with zero attached hydrogens (tertiary/aromatic N) is 2. The molecule has 2 aromatic rings. The SMILES string of the molecule is CC.CC.Cc1cc(C)c(C2(Cl)C(=O)N3CC(C)(F)CN3C2=O)[c-]c1-c1ccccc1.[W]. The van der Waals surface area contributed by atoms with Crippen LogP contribution in [0.15, 0.2) is 36.4 Å². The Hall–Kier alpha value is -1.71. The Bertz CT molecular complexity index is 940. The summed E-state index contributed by atoms with van der Waals surface area (Å²) in [7, 11) is 0. The summed E-state index contributed by atoms with van der Waals surface area (Å²) in [6, 6.07) is 14.7. The summed E-state index contributed by atoms with van der Waals surface area (Å²) in [6.07, 6.45) is 0. The number of benzene rings is 2. The van der Waals surface area contributed by atoms with Crippen molar-refractivity contribution in [2.24, 2.45) is 0 Å². The van der Waals surface area contributed by atoms with Crippen LogP contribution in [-0.2, 0) is 35.5 Å². The van der Waals surface area contributed by atoms with Gasteiger partial charge in [0.15, 0.2) is 0 Å². The van der Waals surface area contributed by atoms with E-state index in [1.54, 1.807) is 6.92 Å². The number of hydrogen-bond acceptors (Lipinski definition) is 2. The molecule has 0 radical (unpaired) electrons. The minimum atomic E-state index is -1.90. The normalized spacial score (nSPS) is 17.5. The van der Waals surface area contributed by atoms with Gasteiger partial charge in [-0.25, -0.2) is 14.4 Å². The first-order valence-electron chi connectivity index (χ1n) is 10.8. The third-order valence-electron chi connectivity index (χ3n) is 5.19. The maximum Gasteiger partial charge on any atom is 0.275 e. The average molecular weight is 630 g/mol. The van der Waals surface area contributed by atoms with E-state index in [-0.39, 0.29) is 34.2 Å². The van der Waals surface area contributed by atoms with Crippen LogP contribution in [-0.4, -0.2) is 40.6 Å². The van der Waals surface area contributed by atoms with Gasteiger partial charge in [-0.05, 0) is 6.92 Å². The van der Waals surface area contributed by atoms with E-state index in [1.807, 2.05) is 71.0 Å². The van der Waals surface area contributed by atoms with Gasteiger partial charge < -0.3 is 0 Å². The van der Waals surface area contributed by atoms with Crippen LogP contribution in [0.5, 0.6) is 0 Å². The van der Waals surface area contributed by atoms with Crippen molar-refractivity contribution in [2.75, 3.05) is 13.1 Å². The zero-order valence-corrected chi connectivity index (χ0v) is 23.4. The van der Waals surface area contributed by atoms with Crippen molar-refractivity contribution in [1.29, 1.82) is 0 Å². The fourth-order valence-corrected chi connectivity index (χ4v) is 4.31. The van der Waals surface area contributed by atoms with Crippen molar-refractivity contribution in [2.45, 2.75) is 59.0 Å². The molecule has 4 nitrogen and oxygen atoms in total. The summed E-state index contributed by atoms with van der Waals surface area (Å²) in [4.78, 5) is 24.2. The van der Waals surface area contributed by atoms with Gasteiger partial charge in [0.25, 0.3) is 11.8 Å². The van der Waals surface area contributed by atoms with Crippen molar-refractivity contribution >= 4 is 23.4 Å². The van der Waals surface area contributed by atoms with E-state index < -0.39 is 22.4 Å². The van der Waals surface area contributed by atoms with Crippen LogP contribution in [0.3, 0.4) is 0 Å². The van der Waals surface area contributed by atoms with Crippen molar-refractivity contribution in [1.82, 2.24) is 10.0 Å². The van der Waals surface area contributed by atoms with Crippen molar-refractivity contribution in [3.8, 4) is 11.1 Å². The fourth-order valence-electron chi connectivity index (χ4n) is 3.92. The van der Waals surface area contributed by atoms with E-state index >= 15 is 0 Å². The quantitative estimate of drug-likeness (QED) is 0.247. The second-order valence-electron chi connectivity index (χ2n) is 7.55. The predicted molar refractivity (Wildman–Crippen MR) is 123 cm³/mol. The Labute approximate surface area is 210 Å². The summed E-state index contributed by atoms with van der Waals surface area (Å²) in [5.74, 6) is -1.23. The van der Waals surface area contributed by atoms with Crippen LogP contribution in [0, 0.1) is 19.9 Å². The summed E-state index contributed by atoms with van der Waals surface area (Å²) < 4.78 is 14.3. The summed E-state index contributed by atoms with van der Waals surface area (Å²) in [5, 5.41) is 2.26. The molecule has 2 aromatic carbocycles. The van der Waals surface area contributed by atoms with Crippen LogP contribution in [0.2, 0.25) is 0 Å². The predicted octanol–water partition coefficient (Wildman–Crippen LogP) is 5.58. The molecule has 0 aliphatic carbocycles. The number of alkyl halides is 2. The van der Waals surface area contributed by atoms with E-state index in [4.69, 9.17) is 11.6 Å². The Morgan fingerprint density at radius 1 is 0.938 bits per heavy atom. The monoisotopic (exact) mass is 629 g/mol. The van der Waals surface area contributed by atoms with Gasteiger partial charge in [-0.1, -0.05) is 94.6 Å². The van der Waals surface area contributed by atoms with Gasteiger partial charge in [0.2, 0.25) is 4.87 Å². The molecule has 2 aliphatic rings. The van der Waals surface area contributed by atoms with Gasteiger partial charge in [-0.2, -0.15) is 0 Å². The van der Waals surface area contributed by atoms with E-state index in [1.165, 1.54) is 6.92 Å². The molecule has 2 aliphatic heterocycles. The third kappa shape index (κ3) is 4.79. The van der Waals surface area contributed by atoms with Crippen LogP contribution in [0.1, 0.15) is 51.3 Å². The molecular formula is C25H31ClFN2O2W-. The van der Waals surface area contributed by atoms with Gasteiger partial charge >= 0.3 is 0 Å². The molecule has 0 N–H and O–H groups in total. The number of rotatable bonds is 2. The van der Waals surface area contributed by atoms with Gasteiger partial charge in [0.1, 0.15) is 5.67 Å². The first kappa shape index (κ1) is 28.3. The Kier molecular flexibility index (Phi) is 9.68. The van der Waals surface area contributed by atoms with Gasteiger partial charge in [-0.3, -0.25) is 9.59 Å². The zero-order valence-electron chi connectivity index (χ0n) is 19.8. The van der Waals surface area contributed by atoms with Crippen LogP contribution < -0.4 is 0 Å². The molecule has 2 heterocycles. The first-order valence-corrected chi connectivity index (χ1v) is 11.1. The minimum absolute atomic E-state index is 0. The molecule has 2 amide bonds. The van der Waals surface area contributed by atoms with Gasteiger partial charge in [0, 0.05) is 21.1 Å². The maximum absolute atomic E-state index is 14.3. The maximum atomic E-state index is 14.3. The number of amides is 2. The Morgan fingerprint density at radius 2 is 1.41 bits per heavy atom. The Morgan fingerprint density at radius 3 is 1.88 bits per heavy atom. The third-order valence-corrected chi connectivity index (χ3v) is 5.70. The molecule has 2 fully saturated rings. The molecule has 2 saturated heterocycles. The van der Waals surface area contributed by atoms with Crippen LogP contribution >= 0.6 is 11.6 Å². The van der Waals surface area contributed by atoms with Crippen LogP contribution in [0.4, 0.5) is 4.39 Å². The van der Waals surface area contributed by atoms with E-state index in [9.17, 15) is 14.0 Å². The summed E-state index contributed by atoms with van der Waals surface area (Å²) in [5.41, 5.74) is 2.08.